The number of non-ortho nitro benzene ring substituents is 1. The van der Waals surface area contributed by atoms with Crippen LogP contribution in [0.25, 0.3) is 6.08 Å². The third-order valence-corrected chi connectivity index (χ3v) is 7.37. The van der Waals surface area contributed by atoms with Crippen molar-refractivity contribution in [1.82, 2.24) is 0 Å². The first-order valence-electron chi connectivity index (χ1n) is 11.4. The molecule has 0 aliphatic carbocycles. The van der Waals surface area contributed by atoms with Gasteiger partial charge in [-0.25, -0.2) is 0 Å². The molecule has 0 N–H and O–H groups in total. The van der Waals surface area contributed by atoms with Crippen molar-refractivity contribution in [2.75, 3.05) is 12.0 Å². The van der Waals surface area contributed by atoms with Gasteiger partial charge in [-0.15, -0.1) is 0 Å². The number of rotatable bonds is 5. The van der Waals surface area contributed by atoms with Crippen molar-refractivity contribution < 1.29 is 19.2 Å². The first-order chi connectivity index (χ1) is 17.8. The molecule has 0 radical (unpaired) electrons. The summed E-state index contributed by atoms with van der Waals surface area (Å²) in [5.41, 5.74) is 0.340. The molecule has 37 heavy (non-hydrogen) atoms. The highest BCUT2D eigenvalue weighted by molar-refractivity contribution is 6.30. The summed E-state index contributed by atoms with van der Waals surface area (Å²) < 4.78 is 5.17. The molecule has 0 unspecified atom stereocenters. The molecule has 0 amide bonds. The van der Waals surface area contributed by atoms with Crippen LogP contribution < -0.4 is 4.90 Å². The SMILES string of the molecule is COC(=O)[C@]1(C#N)[C@H](c2ccc([N+](=O)[O-])cc2)[C@@H](C(=O)c2ccc(Cl)cc2)N2c3ccccc3C=C[C@H]21. The lowest BCUT2D eigenvalue weighted by atomic mass is 9.68. The van der Waals surface area contributed by atoms with E-state index < -0.39 is 34.3 Å². The number of fused-ring (bicyclic) bond motifs is 3. The Morgan fingerprint density at radius 3 is 2.38 bits per heavy atom. The van der Waals surface area contributed by atoms with E-state index in [9.17, 15) is 25.0 Å². The highest BCUT2D eigenvalue weighted by Gasteiger charge is 2.67. The van der Waals surface area contributed by atoms with Crippen molar-refractivity contribution in [2.45, 2.75) is 18.0 Å². The van der Waals surface area contributed by atoms with Crippen molar-refractivity contribution in [3.8, 4) is 6.07 Å². The Morgan fingerprint density at radius 1 is 1.08 bits per heavy atom. The molecule has 9 heteroatoms. The lowest BCUT2D eigenvalue weighted by Crippen LogP contribution is -2.46. The standard InChI is InChI=1S/C28H20ClN3O5/c1-37-27(34)28(16-30)23-15-10-17-4-2-3-5-22(17)31(23)25(26(33)19-6-11-20(29)12-7-19)24(28)18-8-13-21(14-9-18)32(35)36/h2-15,23-25H,1H3/t23-,24+,25-,28-/m0/s1. The van der Waals surface area contributed by atoms with Crippen LogP contribution in [0, 0.1) is 26.9 Å². The van der Waals surface area contributed by atoms with E-state index >= 15 is 0 Å². The molecule has 3 aromatic carbocycles. The number of ether oxygens (including phenoxy) is 1. The number of halogens is 1. The van der Waals surface area contributed by atoms with Crippen LogP contribution in [0.3, 0.4) is 0 Å². The van der Waals surface area contributed by atoms with E-state index in [2.05, 4.69) is 6.07 Å². The predicted octanol–water partition coefficient (Wildman–Crippen LogP) is 5.18. The zero-order valence-corrected chi connectivity index (χ0v) is 20.3. The Labute approximate surface area is 217 Å². The van der Waals surface area contributed by atoms with Gasteiger partial charge in [0.05, 0.1) is 24.1 Å². The molecule has 5 rings (SSSR count). The number of nitriles is 1. The van der Waals surface area contributed by atoms with Gasteiger partial charge < -0.3 is 9.64 Å². The van der Waals surface area contributed by atoms with Crippen LogP contribution in [0.1, 0.15) is 27.4 Å². The average Bonchev–Trinajstić information content (AvgIpc) is 3.24. The third-order valence-electron chi connectivity index (χ3n) is 7.11. The number of methoxy groups -OCH3 is 1. The number of esters is 1. The molecule has 8 nitrogen and oxygen atoms in total. The predicted molar refractivity (Wildman–Crippen MR) is 137 cm³/mol. The number of hydrogen-bond donors (Lipinski definition) is 0. The number of nitro benzene ring substituents is 1. The number of ketones is 1. The van der Waals surface area contributed by atoms with Crippen molar-refractivity contribution in [1.29, 1.82) is 5.26 Å². The topological polar surface area (TPSA) is 114 Å². The Morgan fingerprint density at radius 2 is 1.76 bits per heavy atom. The number of Topliss-reactive ketones (excluding diaryl/α,β-unsaturated/α-hetero) is 1. The Hall–Kier alpha value is -4.48. The van der Waals surface area contributed by atoms with Gasteiger partial charge in [0.1, 0.15) is 6.04 Å². The quantitative estimate of drug-likeness (QED) is 0.200. The van der Waals surface area contributed by atoms with Gasteiger partial charge in [0.15, 0.2) is 11.2 Å². The summed E-state index contributed by atoms with van der Waals surface area (Å²) in [5.74, 6) is -2.12. The van der Waals surface area contributed by atoms with Gasteiger partial charge in [-0.05, 0) is 41.5 Å². The van der Waals surface area contributed by atoms with Crippen molar-refractivity contribution in [3.63, 3.8) is 0 Å². The lowest BCUT2D eigenvalue weighted by Gasteiger charge is -2.36. The summed E-state index contributed by atoms with van der Waals surface area (Å²) in [6, 6.07) is 19.8. The molecular formula is C28H20ClN3O5. The van der Waals surface area contributed by atoms with Crippen LogP contribution in [0.15, 0.2) is 78.9 Å². The Kier molecular flexibility index (Phi) is 6.02. The molecule has 2 heterocycles. The van der Waals surface area contributed by atoms with Crippen molar-refractivity contribution in [3.05, 3.63) is 111 Å². The second kappa shape index (κ2) is 9.19. The van der Waals surface area contributed by atoms with E-state index in [0.29, 0.717) is 21.8 Å². The second-order valence-corrected chi connectivity index (χ2v) is 9.32. The molecule has 184 valence electrons. The summed E-state index contributed by atoms with van der Waals surface area (Å²) in [6.07, 6.45) is 3.57. The van der Waals surface area contributed by atoms with Crippen LogP contribution in [-0.4, -0.2) is 35.9 Å². The molecule has 2 aliphatic rings. The van der Waals surface area contributed by atoms with Crippen molar-refractivity contribution in [2.24, 2.45) is 5.41 Å². The smallest absolute Gasteiger partial charge is 0.329 e. The first kappa shape index (κ1) is 24.2. The molecular weight excluding hydrogens is 494 g/mol. The van der Waals surface area contributed by atoms with E-state index in [4.69, 9.17) is 16.3 Å². The first-order valence-corrected chi connectivity index (χ1v) is 11.8. The van der Waals surface area contributed by atoms with Gasteiger partial charge in [0.25, 0.3) is 5.69 Å². The summed E-state index contributed by atoms with van der Waals surface area (Å²) >= 11 is 6.06. The fourth-order valence-corrected chi connectivity index (χ4v) is 5.62. The van der Waals surface area contributed by atoms with Gasteiger partial charge in [0.2, 0.25) is 0 Å². The van der Waals surface area contributed by atoms with Crippen LogP contribution >= 0.6 is 11.6 Å². The van der Waals surface area contributed by atoms with Crippen LogP contribution in [0.5, 0.6) is 0 Å². The Balaban J connectivity index is 1.80. The molecule has 2 aliphatic heterocycles. The second-order valence-electron chi connectivity index (χ2n) is 8.88. The third kappa shape index (κ3) is 3.67. The van der Waals surface area contributed by atoms with E-state index in [0.717, 1.165) is 5.56 Å². The maximum atomic E-state index is 14.2. The minimum absolute atomic E-state index is 0.147. The van der Waals surface area contributed by atoms with E-state index in [-0.39, 0.29) is 11.5 Å². The summed E-state index contributed by atoms with van der Waals surface area (Å²) in [7, 11) is 1.20. The fraction of sp³-hybridized carbons (Fsp3) is 0.179. The maximum absolute atomic E-state index is 14.2. The molecule has 0 aromatic heterocycles. The molecule has 3 aromatic rings. The van der Waals surface area contributed by atoms with E-state index in [1.165, 1.54) is 31.4 Å². The number of carbonyl (C=O) groups is 2. The van der Waals surface area contributed by atoms with Crippen LogP contribution in [0.2, 0.25) is 5.02 Å². The minimum Gasteiger partial charge on any atom is -0.468 e. The largest absolute Gasteiger partial charge is 0.468 e. The van der Waals surface area contributed by atoms with Gasteiger partial charge in [-0.2, -0.15) is 5.26 Å². The Bertz CT molecular complexity index is 1480. The van der Waals surface area contributed by atoms with Gasteiger partial charge in [0, 0.05) is 34.3 Å². The molecule has 0 saturated carbocycles. The van der Waals surface area contributed by atoms with Crippen LogP contribution in [-0.2, 0) is 9.53 Å². The number of nitro groups is 1. The number of anilines is 1. The van der Waals surface area contributed by atoms with Crippen molar-refractivity contribution >= 4 is 40.8 Å². The fourth-order valence-electron chi connectivity index (χ4n) is 5.50. The maximum Gasteiger partial charge on any atom is 0.329 e. The number of nitrogens with zero attached hydrogens (tertiary/aromatic N) is 3. The van der Waals surface area contributed by atoms with Crippen LogP contribution in [0.4, 0.5) is 11.4 Å². The lowest BCUT2D eigenvalue weighted by molar-refractivity contribution is -0.384. The molecule has 0 spiro atoms. The number of para-hydroxylation sites is 1. The number of hydrogen-bond acceptors (Lipinski definition) is 7. The summed E-state index contributed by atoms with van der Waals surface area (Å²) in [6.45, 7) is 0. The average molecular weight is 514 g/mol. The van der Waals surface area contributed by atoms with Gasteiger partial charge >= 0.3 is 5.97 Å². The highest BCUT2D eigenvalue weighted by atomic mass is 35.5. The normalized spacial score (nSPS) is 23.5. The zero-order chi connectivity index (χ0) is 26.3. The monoisotopic (exact) mass is 513 g/mol. The molecule has 0 bridgehead atoms. The number of benzene rings is 3. The van der Waals surface area contributed by atoms with E-state index in [1.54, 1.807) is 35.2 Å². The molecule has 1 fully saturated rings. The van der Waals surface area contributed by atoms with E-state index in [1.807, 2.05) is 30.3 Å². The molecule has 4 atom stereocenters. The number of carbonyl (C=O) groups excluding carboxylic acids is 2. The van der Waals surface area contributed by atoms with Gasteiger partial charge in [-0.3, -0.25) is 19.7 Å². The highest BCUT2D eigenvalue weighted by Crippen LogP contribution is 2.56. The zero-order valence-electron chi connectivity index (χ0n) is 19.6. The minimum atomic E-state index is -1.82. The van der Waals surface area contributed by atoms with Gasteiger partial charge in [-0.1, -0.05) is 54.1 Å². The molecule has 1 saturated heterocycles. The summed E-state index contributed by atoms with van der Waals surface area (Å²) in [4.78, 5) is 40.3. The summed E-state index contributed by atoms with van der Waals surface area (Å²) in [5, 5.41) is 22.4.